The molecule has 1 heterocycles. The van der Waals surface area contributed by atoms with Crippen molar-refractivity contribution in [3.05, 3.63) is 113 Å². The average Bonchev–Trinajstić information content (AvgIpc) is 2.93. The molecule has 2 amide bonds. The van der Waals surface area contributed by atoms with Gasteiger partial charge in [-0.2, -0.15) is 0 Å². The predicted molar refractivity (Wildman–Crippen MR) is 145 cm³/mol. The Morgan fingerprint density at radius 1 is 1.00 bits per heavy atom. The van der Waals surface area contributed by atoms with Gasteiger partial charge in [0.15, 0.2) is 0 Å². The SMILES string of the molecule is NC(=O)c1ccccc1-c1cccc(CN2CCCc3cc(C(=O)NCC4=CCCC=C4)ccc32)c1F. The van der Waals surface area contributed by atoms with Crippen molar-refractivity contribution in [1.82, 2.24) is 5.32 Å². The van der Waals surface area contributed by atoms with Crippen LogP contribution in [-0.2, 0) is 13.0 Å². The van der Waals surface area contributed by atoms with Gasteiger partial charge in [0.25, 0.3) is 5.91 Å². The van der Waals surface area contributed by atoms with Crippen molar-refractivity contribution < 1.29 is 14.0 Å². The molecule has 6 heteroatoms. The summed E-state index contributed by atoms with van der Waals surface area (Å²) < 4.78 is 15.7. The highest BCUT2D eigenvalue weighted by Crippen LogP contribution is 2.32. The van der Waals surface area contributed by atoms with Crippen LogP contribution in [0.25, 0.3) is 11.1 Å². The molecule has 0 aromatic heterocycles. The number of hydrogen-bond acceptors (Lipinski definition) is 3. The zero-order valence-electron chi connectivity index (χ0n) is 20.7. The van der Waals surface area contributed by atoms with Crippen LogP contribution in [0, 0.1) is 5.82 Å². The number of nitrogens with zero attached hydrogens (tertiary/aromatic N) is 1. The Morgan fingerprint density at radius 2 is 1.84 bits per heavy atom. The molecule has 0 fully saturated rings. The van der Waals surface area contributed by atoms with Crippen LogP contribution in [0.4, 0.5) is 10.1 Å². The summed E-state index contributed by atoms with van der Waals surface area (Å²) in [5.74, 6) is -1.03. The first-order chi connectivity index (χ1) is 18.0. The maximum atomic E-state index is 15.7. The van der Waals surface area contributed by atoms with Gasteiger partial charge in [0.2, 0.25) is 5.91 Å². The Balaban J connectivity index is 1.35. The summed E-state index contributed by atoms with van der Waals surface area (Å²) in [5, 5.41) is 3.01. The molecule has 5 rings (SSSR count). The van der Waals surface area contributed by atoms with E-state index in [2.05, 4.69) is 28.4 Å². The maximum Gasteiger partial charge on any atom is 0.251 e. The molecule has 0 saturated carbocycles. The van der Waals surface area contributed by atoms with E-state index in [4.69, 9.17) is 5.73 Å². The second-order valence-corrected chi connectivity index (χ2v) is 9.50. The fourth-order valence-electron chi connectivity index (χ4n) is 5.11. The van der Waals surface area contributed by atoms with E-state index in [0.29, 0.717) is 40.9 Å². The number of anilines is 1. The first-order valence-corrected chi connectivity index (χ1v) is 12.7. The highest BCUT2D eigenvalue weighted by molar-refractivity contribution is 6.00. The van der Waals surface area contributed by atoms with E-state index in [9.17, 15) is 9.59 Å². The largest absolute Gasteiger partial charge is 0.367 e. The minimum absolute atomic E-state index is 0.0911. The van der Waals surface area contributed by atoms with Crippen LogP contribution in [0.3, 0.4) is 0 Å². The Labute approximate surface area is 216 Å². The molecule has 2 aliphatic rings. The fraction of sp³-hybridized carbons (Fsp3) is 0.226. The van der Waals surface area contributed by atoms with Gasteiger partial charge in [-0.1, -0.05) is 54.6 Å². The molecule has 0 saturated heterocycles. The van der Waals surface area contributed by atoms with E-state index in [1.165, 1.54) is 0 Å². The molecule has 37 heavy (non-hydrogen) atoms. The van der Waals surface area contributed by atoms with Gasteiger partial charge in [0, 0.05) is 47.6 Å². The summed E-state index contributed by atoms with van der Waals surface area (Å²) in [6.45, 7) is 1.70. The van der Waals surface area contributed by atoms with Crippen LogP contribution in [-0.4, -0.2) is 24.9 Å². The standard InChI is InChI=1S/C31H30FN3O2/c32-29-24(10-6-14-26(29)25-12-4-5-13-27(25)30(33)36)20-35-17-7-11-22-18-23(15-16-28(22)35)31(37)34-19-21-8-2-1-3-9-21/h2,4-6,8-10,12-16,18H,1,3,7,11,17,19-20H2,(H2,33,36)(H,34,37). The van der Waals surface area contributed by atoms with Gasteiger partial charge in [-0.15, -0.1) is 0 Å². The molecule has 0 atom stereocenters. The minimum atomic E-state index is -0.586. The third kappa shape index (κ3) is 5.33. The lowest BCUT2D eigenvalue weighted by molar-refractivity contribution is 0.0955. The van der Waals surface area contributed by atoms with E-state index in [1.807, 2.05) is 18.2 Å². The molecular formula is C31H30FN3O2. The Morgan fingerprint density at radius 3 is 2.65 bits per heavy atom. The number of aryl methyl sites for hydroxylation is 1. The topological polar surface area (TPSA) is 75.4 Å². The molecule has 0 radical (unpaired) electrons. The highest BCUT2D eigenvalue weighted by Gasteiger charge is 2.22. The summed E-state index contributed by atoms with van der Waals surface area (Å²) in [6.07, 6.45) is 10.2. The van der Waals surface area contributed by atoms with E-state index < -0.39 is 5.91 Å². The number of carbonyl (C=O) groups is 2. The number of benzene rings is 3. The molecule has 1 aliphatic heterocycles. The number of amides is 2. The van der Waals surface area contributed by atoms with Crippen LogP contribution in [0.15, 0.2) is 84.5 Å². The summed E-state index contributed by atoms with van der Waals surface area (Å²) >= 11 is 0. The monoisotopic (exact) mass is 495 g/mol. The predicted octanol–water partition coefficient (Wildman–Crippen LogP) is 5.55. The number of nitrogens with two attached hydrogens (primary N) is 1. The molecule has 0 unspecified atom stereocenters. The number of primary amides is 1. The molecule has 3 N–H and O–H groups in total. The lowest BCUT2D eigenvalue weighted by Crippen LogP contribution is -2.30. The van der Waals surface area contributed by atoms with Crippen molar-refractivity contribution >= 4 is 17.5 Å². The number of allylic oxidation sites excluding steroid dienone is 2. The first-order valence-electron chi connectivity index (χ1n) is 12.7. The second-order valence-electron chi connectivity index (χ2n) is 9.50. The number of nitrogens with one attached hydrogen (secondary N) is 1. The van der Waals surface area contributed by atoms with Crippen LogP contribution in [0.2, 0.25) is 0 Å². The van der Waals surface area contributed by atoms with Gasteiger partial charge in [0.1, 0.15) is 5.82 Å². The molecule has 0 bridgehead atoms. The number of rotatable bonds is 7. The molecule has 3 aromatic rings. The van der Waals surface area contributed by atoms with Gasteiger partial charge < -0.3 is 16.0 Å². The van der Waals surface area contributed by atoms with Gasteiger partial charge in [-0.25, -0.2) is 4.39 Å². The van der Waals surface area contributed by atoms with Crippen LogP contribution in [0.1, 0.15) is 51.1 Å². The third-order valence-corrected chi connectivity index (χ3v) is 7.00. The Bertz CT molecular complexity index is 1410. The van der Waals surface area contributed by atoms with Crippen molar-refractivity contribution in [2.24, 2.45) is 5.73 Å². The molecule has 0 spiro atoms. The maximum absolute atomic E-state index is 15.7. The Kier molecular flexibility index (Phi) is 7.17. The normalized spacial score (nSPS) is 14.6. The van der Waals surface area contributed by atoms with Gasteiger partial charge in [-0.3, -0.25) is 9.59 Å². The van der Waals surface area contributed by atoms with E-state index in [-0.39, 0.29) is 11.7 Å². The van der Waals surface area contributed by atoms with Crippen LogP contribution < -0.4 is 16.0 Å². The average molecular weight is 496 g/mol. The Hall–Kier alpha value is -4.19. The zero-order valence-corrected chi connectivity index (χ0v) is 20.7. The zero-order chi connectivity index (χ0) is 25.8. The van der Waals surface area contributed by atoms with E-state index in [0.717, 1.165) is 49.1 Å². The first kappa shape index (κ1) is 24.5. The highest BCUT2D eigenvalue weighted by atomic mass is 19.1. The van der Waals surface area contributed by atoms with Gasteiger partial charge in [0.05, 0.1) is 0 Å². The second kappa shape index (κ2) is 10.8. The number of fused-ring (bicyclic) bond motifs is 1. The van der Waals surface area contributed by atoms with Gasteiger partial charge in [-0.05, 0) is 66.6 Å². The van der Waals surface area contributed by atoms with Gasteiger partial charge >= 0.3 is 0 Å². The van der Waals surface area contributed by atoms with Crippen LogP contribution >= 0.6 is 0 Å². The summed E-state index contributed by atoms with van der Waals surface area (Å²) in [7, 11) is 0. The third-order valence-electron chi connectivity index (χ3n) is 7.00. The molecule has 5 nitrogen and oxygen atoms in total. The van der Waals surface area contributed by atoms with Crippen molar-refractivity contribution in [2.75, 3.05) is 18.0 Å². The minimum Gasteiger partial charge on any atom is -0.367 e. The lowest BCUT2D eigenvalue weighted by Gasteiger charge is -2.32. The molecule has 188 valence electrons. The summed E-state index contributed by atoms with van der Waals surface area (Å²) in [4.78, 5) is 26.8. The van der Waals surface area contributed by atoms with E-state index >= 15 is 4.39 Å². The number of hydrogen-bond donors (Lipinski definition) is 2. The van der Waals surface area contributed by atoms with Crippen molar-refractivity contribution in [3.8, 4) is 11.1 Å². The van der Waals surface area contributed by atoms with Crippen molar-refractivity contribution in [1.29, 1.82) is 0 Å². The van der Waals surface area contributed by atoms with Crippen molar-refractivity contribution in [3.63, 3.8) is 0 Å². The van der Waals surface area contributed by atoms with Crippen LogP contribution in [0.5, 0.6) is 0 Å². The molecule has 1 aliphatic carbocycles. The fourth-order valence-corrected chi connectivity index (χ4v) is 5.11. The van der Waals surface area contributed by atoms with E-state index in [1.54, 1.807) is 42.5 Å². The lowest BCUT2D eigenvalue weighted by atomic mass is 9.95. The number of halogens is 1. The quantitative estimate of drug-likeness (QED) is 0.451. The van der Waals surface area contributed by atoms with Crippen molar-refractivity contribution in [2.45, 2.75) is 32.2 Å². The smallest absolute Gasteiger partial charge is 0.251 e. The number of carbonyl (C=O) groups excluding carboxylic acids is 2. The summed E-state index contributed by atoms with van der Waals surface area (Å²) in [6, 6.07) is 17.8. The molecule has 3 aromatic carbocycles. The molecular weight excluding hydrogens is 465 g/mol. The summed E-state index contributed by atoms with van der Waals surface area (Å²) in [5.41, 5.74) is 11.1.